The van der Waals surface area contributed by atoms with Gasteiger partial charge in [-0.05, 0) is 49.1 Å². The number of aryl methyl sites for hydroxylation is 3. The number of benzene rings is 2. The van der Waals surface area contributed by atoms with Crippen molar-refractivity contribution in [3.05, 3.63) is 82.7 Å². The van der Waals surface area contributed by atoms with Crippen molar-refractivity contribution >= 4 is 15.9 Å². The molecule has 0 saturated heterocycles. The van der Waals surface area contributed by atoms with Gasteiger partial charge >= 0.3 is 0 Å². The van der Waals surface area contributed by atoms with Gasteiger partial charge in [0.2, 0.25) is 15.9 Å². The third-order valence-electron chi connectivity index (χ3n) is 4.90. The van der Waals surface area contributed by atoms with Crippen LogP contribution in [-0.2, 0) is 27.9 Å². The van der Waals surface area contributed by atoms with E-state index in [0.717, 1.165) is 16.7 Å². The first-order chi connectivity index (χ1) is 14.7. The number of hydrogen-bond acceptors (Lipinski definition) is 4. The van der Waals surface area contributed by atoms with E-state index < -0.39 is 10.0 Å². The van der Waals surface area contributed by atoms with E-state index in [4.69, 9.17) is 0 Å². The minimum absolute atomic E-state index is 0.0419. The van der Waals surface area contributed by atoms with Gasteiger partial charge in [0.15, 0.2) is 0 Å². The molecular weight excluding hydrogens is 412 g/mol. The molecule has 0 fully saturated rings. The molecule has 1 heterocycles. The van der Waals surface area contributed by atoms with Crippen molar-refractivity contribution in [1.29, 1.82) is 0 Å². The molecule has 0 aliphatic heterocycles. The number of carbonyl (C=O) groups excluding carboxylic acids is 1. The van der Waals surface area contributed by atoms with Crippen LogP contribution in [0.25, 0.3) is 0 Å². The zero-order valence-corrected chi connectivity index (χ0v) is 18.9. The van der Waals surface area contributed by atoms with Gasteiger partial charge in [0.1, 0.15) is 0 Å². The van der Waals surface area contributed by atoms with Crippen molar-refractivity contribution in [2.45, 2.75) is 45.2 Å². The second-order valence-corrected chi connectivity index (χ2v) is 9.38. The molecule has 0 bridgehead atoms. The Labute approximate surface area is 183 Å². The summed E-state index contributed by atoms with van der Waals surface area (Å²) < 4.78 is 29.7. The van der Waals surface area contributed by atoms with Crippen LogP contribution < -0.4 is 10.0 Å². The summed E-state index contributed by atoms with van der Waals surface area (Å²) in [5.41, 5.74) is 4.48. The van der Waals surface area contributed by atoms with Gasteiger partial charge in [0, 0.05) is 31.9 Å². The fraction of sp³-hybridized carbons (Fsp3) is 0.304. The maximum Gasteiger partial charge on any atom is 0.241 e. The van der Waals surface area contributed by atoms with Gasteiger partial charge in [0.05, 0.1) is 11.4 Å². The highest BCUT2D eigenvalue weighted by molar-refractivity contribution is 7.89. The molecule has 8 heteroatoms. The molecule has 7 nitrogen and oxygen atoms in total. The molecule has 164 valence electrons. The minimum Gasteiger partial charge on any atom is -0.352 e. The van der Waals surface area contributed by atoms with Gasteiger partial charge in [-0.1, -0.05) is 42.0 Å². The lowest BCUT2D eigenvalue weighted by Gasteiger charge is -2.13. The van der Waals surface area contributed by atoms with Crippen LogP contribution >= 0.6 is 0 Å². The number of rotatable bonds is 9. The number of aromatic nitrogens is 2. The molecule has 0 radical (unpaired) electrons. The van der Waals surface area contributed by atoms with Crippen LogP contribution in [0.1, 0.15) is 34.2 Å². The van der Waals surface area contributed by atoms with Crippen LogP contribution in [0.5, 0.6) is 0 Å². The SMILES string of the molecule is Cc1cc(C)c(S(=O)(=O)NCCC(=O)NCc2cccc(Cn3cccn3)c2)c(C)c1. The standard InChI is InChI=1S/C23H28N4O3S/c1-17-12-18(2)23(19(3)13-17)31(29,30)26-10-8-22(28)24-15-20-6-4-7-21(14-20)16-27-11-5-9-25-27/h4-7,9,11-14,26H,8,10,15-16H2,1-3H3,(H,24,28). The first-order valence-corrected chi connectivity index (χ1v) is 11.6. The zero-order chi connectivity index (χ0) is 22.4. The van der Waals surface area contributed by atoms with E-state index in [9.17, 15) is 13.2 Å². The molecule has 3 aromatic rings. The van der Waals surface area contributed by atoms with Crippen molar-refractivity contribution in [2.75, 3.05) is 6.54 Å². The van der Waals surface area contributed by atoms with Crippen LogP contribution in [0.3, 0.4) is 0 Å². The van der Waals surface area contributed by atoms with Crippen LogP contribution in [-0.4, -0.2) is 30.7 Å². The Hall–Kier alpha value is -2.97. The highest BCUT2D eigenvalue weighted by atomic mass is 32.2. The number of sulfonamides is 1. The number of nitrogens with zero attached hydrogens (tertiary/aromatic N) is 2. The molecule has 2 aromatic carbocycles. The fourth-order valence-electron chi connectivity index (χ4n) is 3.67. The minimum atomic E-state index is -3.67. The Balaban J connectivity index is 1.50. The molecular formula is C23H28N4O3S. The highest BCUT2D eigenvalue weighted by Crippen LogP contribution is 2.21. The van der Waals surface area contributed by atoms with E-state index >= 15 is 0 Å². The normalized spacial score (nSPS) is 11.5. The topological polar surface area (TPSA) is 93.1 Å². The van der Waals surface area contributed by atoms with Crippen LogP contribution in [0, 0.1) is 20.8 Å². The first kappa shape index (κ1) is 22.7. The molecule has 0 spiro atoms. The van der Waals surface area contributed by atoms with E-state index in [1.807, 2.05) is 60.3 Å². The van der Waals surface area contributed by atoms with Crippen LogP contribution in [0.2, 0.25) is 0 Å². The summed E-state index contributed by atoms with van der Waals surface area (Å²) >= 11 is 0. The van der Waals surface area contributed by atoms with Gasteiger partial charge in [-0.15, -0.1) is 0 Å². The molecule has 0 unspecified atom stereocenters. The molecule has 31 heavy (non-hydrogen) atoms. The highest BCUT2D eigenvalue weighted by Gasteiger charge is 2.19. The van der Waals surface area contributed by atoms with Gasteiger partial charge in [-0.25, -0.2) is 13.1 Å². The molecule has 1 aromatic heterocycles. The first-order valence-electron chi connectivity index (χ1n) is 10.1. The second-order valence-electron chi connectivity index (χ2n) is 7.68. The predicted octanol–water partition coefficient (Wildman–Crippen LogP) is 2.84. The van der Waals surface area contributed by atoms with Crippen molar-refractivity contribution in [3.63, 3.8) is 0 Å². The molecule has 0 atom stereocenters. The number of carbonyl (C=O) groups is 1. The Morgan fingerprint density at radius 3 is 2.42 bits per heavy atom. The van der Waals surface area contributed by atoms with Crippen LogP contribution in [0.4, 0.5) is 0 Å². The van der Waals surface area contributed by atoms with Gasteiger partial charge in [-0.2, -0.15) is 5.10 Å². The summed E-state index contributed by atoms with van der Waals surface area (Å²) in [4.78, 5) is 12.5. The summed E-state index contributed by atoms with van der Waals surface area (Å²) in [5.74, 6) is -0.211. The van der Waals surface area contributed by atoms with Gasteiger partial charge in [0.25, 0.3) is 0 Å². The lowest BCUT2D eigenvalue weighted by Crippen LogP contribution is -2.31. The monoisotopic (exact) mass is 440 g/mol. The van der Waals surface area contributed by atoms with Gasteiger partial charge in [-0.3, -0.25) is 9.48 Å². The summed E-state index contributed by atoms with van der Waals surface area (Å²) in [7, 11) is -3.67. The number of hydrogen-bond donors (Lipinski definition) is 2. The zero-order valence-electron chi connectivity index (χ0n) is 18.1. The lowest BCUT2D eigenvalue weighted by molar-refractivity contribution is -0.121. The summed E-state index contributed by atoms with van der Waals surface area (Å²) in [6, 6.07) is 13.5. The lowest BCUT2D eigenvalue weighted by atomic mass is 10.1. The number of nitrogens with one attached hydrogen (secondary N) is 2. The molecule has 0 aliphatic carbocycles. The van der Waals surface area contributed by atoms with Crippen molar-refractivity contribution in [3.8, 4) is 0 Å². The summed E-state index contributed by atoms with van der Waals surface area (Å²) in [5, 5.41) is 7.04. The third kappa shape index (κ3) is 6.26. The summed E-state index contributed by atoms with van der Waals surface area (Å²) in [6.07, 6.45) is 3.70. The predicted molar refractivity (Wildman–Crippen MR) is 120 cm³/mol. The van der Waals surface area contributed by atoms with E-state index in [1.165, 1.54) is 0 Å². The van der Waals surface area contributed by atoms with E-state index in [0.29, 0.717) is 24.2 Å². The molecule has 0 saturated carbocycles. The maximum atomic E-state index is 12.7. The molecule has 3 rings (SSSR count). The Morgan fingerprint density at radius 2 is 1.74 bits per heavy atom. The van der Waals surface area contributed by atoms with Crippen LogP contribution in [0.15, 0.2) is 59.8 Å². The van der Waals surface area contributed by atoms with Gasteiger partial charge < -0.3 is 5.32 Å². The molecule has 1 amide bonds. The molecule has 2 N–H and O–H groups in total. The van der Waals surface area contributed by atoms with Crippen molar-refractivity contribution in [1.82, 2.24) is 19.8 Å². The third-order valence-corrected chi connectivity index (χ3v) is 6.67. The van der Waals surface area contributed by atoms with Crippen molar-refractivity contribution in [2.24, 2.45) is 0 Å². The quantitative estimate of drug-likeness (QED) is 0.535. The Bertz CT molecular complexity index is 1130. The second kappa shape index (κ2) is 9.89. The fourth-order valence-corrected chi connectivity index (χ4v) is 5.15. The maximum absolute atomic E-state index is 12.7. The van der Waals surface area contributed by atoms with E-state index in [-0.39, 0.29) is 23.8 Å². The average molecular weight is 441 g/mol. The van der Waals surface area contributed by atoms with Crippen molar-refractivity contribution < 1.29 is 13.2 Å². The summed E-state index contributed by atoms with van der Waals surface area (Å²) in [6.45, 7) is 6.58. The smallest absolute Gasteiger partial charge is 0.241 e. The largest absolute Gasteiger partial charge is 0.352 e. The van der Waals surface area contributed by atoms with E-state index in [2.05, 4.69) is 15.1 Å². The Kier molecular flexibility index (Phi) is 7.25. The number of amides is 1. The van der Waals surface area contributed by atoms with E-state index in [1.54, 1.807) is 20.0 Å². The average Bonchev–Trinajstić information content (AvgIpc) is 3.18. The molecule has 0 aliphatic rings. The Morgan fingerprint density at radius 1 is 1.03 bits per heavy atom.